The molecule has 25 heavy (non-hydrogen) atoms. The molecular weight excluding hydrogens is 334 g/mol. The first-order chi connectivity index (χ1) is 12.0. The molecule has 138 valence electrons. The highest BCUT2D eigenvalue weighted by Gasteiger charge is 2.31. The molecule has 1 aliphatic carbocycles. The Hall–Kier alpha value is -1.40. The zero-order valence-electron chi connectivity index (χ0n) is 15.6. The van der Waals surface area contributed by atoms with Gasteiger partial charge in [-0.2, -0.15) is 0 Å². The lowest BCUT2D eigenvalue weighted by Crippen LogP contribution is -2.49. The van der Waals surface area contributed by atoms with Crippen molar-refractivity contribution in [2.24, 2.45) is 5.92 Å². The maximum absolute atomic E-state index is 12.8. The average Bonchev–Trinajstić information content (AvgIpc) is 3.06. The van der Waals surface area contributed by atoms with Crippen LogP contribution >= 0.6 is 11.3 Å². The van der Waals surface area contributed by atoms with Crippen molar-refractivity contribution in [2.75, 3.05) is 46.3 Å². The highest BCUT2D eigenvalue weighted by molar-refractivity contribution is 7.14. The van der Waals surface area contributed by atoms with Gasteiger partial charge in [0.25, 0.3) is 5.91 Å². The number of thiophene rings is 1. The minimum atomic E-state index is 0.0851. The molecule has 2 aliphatic rings. The molecule has 0 spiro atoms. The molecule has 1 atom stereocenters. The van der Waals surface area contributed by atoms with Gasteiger partial charge in [0.1, 0.15) is 0 Å². The van der Waals surface area contributed by atoms with Gasteiger partial charge in [0.2, 0.25) is 5.91 Å². The third-order valence-corrected chi connectivity index (χ3v) is 6.73. The van der Waals surface area contributed by atoms with E-state index in [1.54, 1.807) is 11.3 Å². The Bertz CT molecular complexity index is 631. The van der Waals surface area contributed by atoms with Gasteiger partial charge in [-0.25, -0.2) is 0 Å². The second kappa shape index (κ2) is 7.87. The normalized spacial score (nSPS) is 21.1. The lowest BCUT2D eigenvalue weighted by molar-refractivity contribution is -0.137. The van der Waals surface area contributed by atoms with E-state index in [4.69, 9.17) is 0 Å². The molecule has 0 aromatic carbocycles. The number of nitrogens with zero attached hydrogens (tertiary/aromatic N) is 3. The van der Waals surface area contributed by atoms with Gasteiger partial charge in [-0.05, 0) is 51.8 Å². The molecule has 1 saturated heterocycles. The van der Waals surface area contributed by atoms with Crippen molar-refractivity contribution in [3.8, 4) is 0 Å². The van der Waals surface area contributed by atoms with Gasteiger partial charge < -0.3 is 14.7 Å². The molecule has 1 aromatic rings. The van der Waals surface area contributed by atoms with Crippen LogP contribution in [-0.2, 0) is 17.6 Å². The summed E-state index contributed by atoms with van der Waals surface area (Å²) in [5.74, 6) is 0.523. The van der Waals surface area contributed by atoms with Crippen molar-refractivity contribution >= 4 is 23.2 Å². The van der Waals surface area contributed by atoms with E-state index in [-0.39, 0.29) is 11.8 Å². The first-order valence-electron chi connectivity index (χ1n) is 9.41. The quantitative estimate of drug-likeness (QED) is 0.823. The van der Waals surface area contributed by atoms with Gasteiger partial charge in [0.15, 0.2) is 0 Å². The second-order valence-electron chi connectivity index (χ2n) is 7.10. The lowest BCUT2D eigenvalue weighted by atomic mass is 9.87. The van der Waals surface area contributed by atoms with Crippen LogP contribution in [0.25, 0.3) is 0 Å². The Balaban J connectivity index is 1.67. The van der Waals surface area contributed by atoms with Crippen molar-refractivity contribution < 1.29 is 9.59 Å². The highest BCUT2D eigenvalue weighted by Crippen LogP contribution is 2.34. The largest absolute Gasteiger partial charge is 0.340 e. The summed E-state index contributed by atoms with van der Waals surface area (Å²) in [7, 11) is 2.11. The molecule has 1 aliphatic heterocycles. The van der Waals surface area contributed by atoms with Gasteiger partial charge in [-0.15, -0.1) is 11.3 Å². The van der Waals surface area contributed by atoms with Crippen LogP contribution in [0.4, 0.5) is 0 Å². The number of piperazine rings is 1. The van der Waals surface area contributed by atoms with E-state index in [2.05, 4.69) is 11.9 Å². The molecule has 3 rings (SSSR count). The summed E-state index contributed by atoms with van der Waals surface area (Å²) in [5, 5.41) is 0. The molecule has 5 nitrogen and oxygen atoms in total. The maximum Gasteiger partial charge on any atom is 0.263 e. The number of hydrogen-bond donors (Lipinski definition) is 0. The fourth-order valence-electron chi connectivity index (χ4n) is 3.79. The number of carbonyl (C=O) groups is 2. The Morgan fingerprint density at radius 3 is 2.52 bits per heavy atom. The molecule has 1 aromatic heterocycles. The van der Waals surface area contributed by atoms with Crippen molar-refractivity contribution in [3.05, 3.63) is 21.4 Å². The predicted molar refractivity (Wildman–Crippen MR) is 101 cm³/mol. The zero-order valence-corrected chi connectivity index (χ0v) is 16.4. The fraction of sp³-hybridized carbons (Fsp3) is 0.684. The Kier molecular flexibility index (Phi) is 5.79. The summed E-state index contributed by atoms with van der Waals surface area (Å²) in [6, 6.07) is 2.05. The number of hydrogen-bond acceptors (Lipinski definition) is 4. The van der Waals surface area contributed by atoms with Crippen LogP contribution in [0.15, 0.2) is 6.07 Å². The third kappa shape index (κ3) is 3.90. The number of fused-ring (bicyclic) bond motifs is 1. The Labute approximate surface area is 154 Å². The van der Waals surface area contributed by atoms with E-state index in [9.17, 15) is 9.59 Å². The lowest BCUT2D eigenvalue weighted by Gasteiger charge is -2.35. The minimum absolute atomic E-state index is 0.0851. The van der Waals surface area contributed by atoms with E-state index in [0.717, 1.165) is 63.4 Å². The SMILES string of the molecule is CCN(CC)C(=O)c1cc2c(s1)CC[C@H](C(=O)N1CCN(C)CC1)C2. The van der Waals surface area contributed by atoms with Crippen LogP contribution in [0.1, 0.15) is 40.4 Å². The molecule has 2 heterocycles. The van der Waals surface area contributed by atoms with Gasteiger partial charge in [0, 0.05) is 50.1 Å². The van der Waals surface area contributed by atoms with E-state index in [1.807, 2.05) is 29.7 Å². The van der Waals surface area contributed by atoms with Crippen LogP contribution in [0.3, 0.4) is 0 Å². The van der Waals surface area contributed by atoms with E-state index >= 15 is 0 Å². The summed E-state index contributed by atoms with van der Waals surface area (Å²) in [4.78, 5) is 33.7. The topological polar surface area (TPSA) is 43.9 Å². The minimum Gasteiger partial charge on any atom is -0.340 e. The van der Waals surface area contributed by atoms with E-state index < -0.39 is 0 Å². The number of rotatable bonds is 4. The second-order valence-corrected chi connectivity index (χ2v) is 8.24. The summed E-state index contributed by atoms with van der Waals surface area (Å²) in [5.41, 5.74) is 1.22. The Morgan fingerprint density at radius 2 is 1.88 bits per heavy atom. The van der Waals surface area contributed by atoms with Crippen LogP contribution in [-0.4, -0.2) is 72.8 Å². The molecule has 2 amide bonds. The standard InChI is InChI=1S/C19H29N3O2S/c1-4-21(5-2)19(24)17-13-15-12-14(6-7-16(15)25-17)18(23)22-10-8-20(3)9-11-22/h13-14H,4-12H2,1-3H3/t14-/m0/s1. The summed E-state index contributed by atoms with van der Waals surface area (Å²) < 4.78 is 0. The fourth-order valence-corrected chi connectivity index (χ4v) is 4.97. The summed E-state index contributed by atoms with van der Waals surface area (Å²) >= 11 is 1.63. The molecule has 0 bridgehead atoms. The molecule has 0 radical (unpaired) electrons. The maximum atomic E-state index is 12.8. The van der Waals surface area contributed by atoms with Crippen LogP contribution in [0.2, 0.25) is 0 Å². The average molecular weight is 364 g/mol. The molecular formula is C19H29N3O2S. The van der Waals surface area contributed by atoms with E-state index in [1.165, 1.54) is 10.4 Å². The first-order valence-corrected chi connectivity index (χ1v) is 10.2. The van der Waals surface area contributed by atoms with Crippen molar-refractivity contribution in [2.45, 2.75) is 33.1 Å². The predicted octanol–water partition coefficient (Wildman–Crippen LogP) is 2.11. The summed E-state index contributed by atoms with van der Waals surface area (Å²) in [6.07, 6.45) is 2.63. The van der Waals surface area contributed by atoms with Gasteiger partial charge in [0.05, 0.1) is 4.88 Å². The molecule has 6 heteroatoms. The highest BCUT2D eigenvalue weighted by atomic mass is 32.1. The van der Waals surface area contributed by atoms with Crippen LogP contribution < -0.4 is 0 Å². The number of amides is 2. The van der Waals surface area contributed by atoms with Crippen molar-refractivity contribution in [3.63, 3.8) is 0 Å². The third-order valence-electron chi connectivity index (χ3n) is 5.51. The number of aryl methyl sites for hydroxylation is 1. The number of likely N-dealkylation sites (N-methyl/N-ethyl adjacent to an activating group) is 1. The number of carbonyl (C=O) groups excluding carboxylic acids is 2. The van der Waals surface area contributed by atoms with Crippen LogP contribution in [0.5, 0.6) is 0 Å². The zero-order chi connectivity index (χ0) is 18.0. The Morgan fingerprint density at radius 1 is 1.20 bits per heavy atom. The van der Waals surface area contributed by atoms with Gasteiger partial charge in [-0.1, -0.05) is 0 Å². The first kappa shape index (κ1) is 18.4. The summed E-state index contributed by atoms with van der Waals surface area (Å²) in [6.45, 7) is 9.11. The monoisotopic (exact) mass is 363 g/mol. The van der Waals surface area contributed by atoms with E-state index in [0.29, 0.717) is 5.91 Å². The van der Waals surface area contributed by atoms with Gasteiger partial charge >= 0.3 is 0 Å². The molecule has 0 saturated carbocycles. The smallest absolute Gasteiger partial charge is 0.263 e. The van der Waals surface area contributed by atoms with Gasteiger partial charge in [-0.3, -0.25) is 9.59 Å². The van der Waals surface area contributed by atoms with Crippen molar-refractivity contribution in [1.29, 1.82) is 0 Å². The van der Waals surface area contributed by atoms with Crippen LogP contribution in [0, 0.1) is 5.92 Å². The molecule has 0 N–H and O–H groups in total. The van der Waals surface area contributed by atoms with Crippen molar-refractivity contribution in [1.82, 2.24) is 14.7 Å². The molecule has 1 fully saturated rings. The molecule has 0 unspecified atom stereocenters.